The number of benzene rings is 2. The van der Waals surface area contributed by atoms with Crippen LogP contribution in [0.4, 0.5) is 14.9 Å². The van der Waals surface area contributed by atoms with E-state index in [9.17, 15) is 9.18 Å². The van der Waals surface area contributed by atoms with Crippen molar-refractivity contribution in [3.05, 3.63) is 89.0 Å². The lowest BCUT2D eigenvalue weighted by molar-refractivity contribution is 0.207. The van der Waals surface area contributed by atoms with Gasteiger partial charge >= 0.3 is 6.03 Å². The molecule has 0 unspecified atom stereocenters. The first-order valence-electron chi connectivity index (χ1n) is 10.5. The van der Waals surface area contributed by atoms with Crippen molar-refractivity contribution >= 4 is 11.7 Å². The highest BCUT2D eigenvalue weighted by Crippen LogP contribution is 2.21. The van der Waals surface area contributed by atoms with Gasteiger partial charge < -0.3 is 14.8 Å². The number of hydrogen-bond acceptors (Lipinski definition) is 1. The molecule has 3 aromatic rings. The van der Waals surface area contributed by atoms with E-state index in [1.165, 1.54) is 6.07 Å². The van der Waals surface area contributed by atoms with Gasteiger partial charge in [0.2, 0.25) is 0 Å². The summed E-state index contributed by atoms with van der Waals surface area (Å²) in [5.41, 5.74) is 4.89. The smallest absolute Gasteiger partial charge is 0.322 e. The van der Waals surface area contributed by atoms with Gasteiger partial charge in [-0.25, -0.2) is 9.18 Å². The molecular weight excluding hydrogens is 377 g/mol. The third-order valence-corrected chi connectivity index (χ3v) is 5.30. The zero-order valence-electron chi connectivity index (χ0n) is 18.0. The maximum absolute atomic E-state index is 13.6. The zero-order chi connectivity index (χ0) is 21.5. The zero-order valence-corrected chi connectivity index (χ0v) is 18.0. The molecule has 2 amide bonds. The topological polar surface area (TPSA) is 37.3 Å². The van der Waals surface area contributed by atoms with E-state index in [1.54, 1.807) is 12.1 Å². The number of aromatic nitrogens is 1. The van der Waals surface area contributed by atoms with E-state index in [4.69, 9.17) is 0 Å². The van der Waals surface area contributed by atoms with Crippen LogP contribution in [0.1, 0.15) is 42.1 Å². The molecule has 30 heavy (non-hydrogen) atoms. The van der Waals surface area contributed by atoms with Crippen LogP contribution in [0, 0.1) is 19.7 Å². The standard InChI is InChI=1S/C25H30FN3O/c1-4-5-14-29(25(30)27-24-19(2)9-6-10-20(24)3)18-23-13-8-15-28(23)17-21-11-7-12-22(26)16-21/h6-13,15-16H,4-5,14,17-18H2,1-3H3,(H,27,30). The molecule has 2 aromatic carbocycles. The van der Waals surface area contributed by atoms with E-state index in [1.807, 2.05) is 61.3 Å². The Hall–Kier alpha value is -3.08. The average Bonchev–Trinajstić information content (AvgIpc) is 3.14. The van der Waals surface area contributed by atoms with Crippen LogP contribution in [0.25, 0.3) is 0 Å². The van der Waals surface area contributed by atoms with E-state index in [0.29, 0.717) is 19.6 Å². The van der Waals surface area contributed by atoms with Gasteiger partial charge in [0, 0.05) is 30.7 Å². The van der Waals surface area contributed by atoms with E-state index in [-0.39, 0.29) is 11.8 Å². The van der Waals surface area contributed by atoms with Crippen molar-refractivity contribution in [1.82, 2.24) is 9.47 Å². The van der Waals surface area contributed by atoms with Crippen molar-refractivity contribution in [3.8, 4) is 0 Å². The first-order valence-corrected chi connectivity index (χ1v) is 10.5. The summed E-state index contributed by atoms with van der Waals surface area (Å²) in [4.78, 5) is 15.0. The molecule has 1 heterocycles. The molecule has 0 atom stereocenters. The number of hydrogen-bond donors (Lipinski definition) is 1. The fourth-order valence-corrected chi connectivity index (χ4v) is 3.57. The molecule has 4 nitrogen and oxygen atoms in total. The molecule has 0 saturated heterocycles. The van der Waals surface area contributed by atoms with Crippen LogP contribution in [0.5, 0.6) is 0 Å². The van der Waals surface area contributed by atoms with E-state index >= 15 is 0 Å². The van der Waals surface area contributed by atoms with Gasteiger partial charge in [-0.05, 0) is 61.2 Å². The molecule has 0 aliphatic heterocycles. The maximum Gasteiger partial charge on any atom is 0.322 e. The van der Waals surface area contributed by atoms with Crippen LogP contribution in [0.15, 0.2) is 60.8 Å². The number of nitrogens with zero attached hydrogens (tertiary/aromatic N) is 2. The molecule has 3 rings (SSSR count). The highest BCUT2D eigenvalue weighted by atomic mass is 19.1. The number of para-hydroxylation sites is 1. The molecule has 0 fully saturated rings. The molecule has 0 spiro atoms. The Kier molecular flexibility index (Phi) is 7.28. The minimum atomic E-state index is -0.237. The van der Waals surface area contributed by atoms with E-state index in [2.05, 4.69) is 16.8 Å². The Morgan fingerprint density at radius 2 is 1.80 bits per heavy atom. The summed E-state index contributed by atoms with van der Waals surface area (Å²) in [6, 6.07) is 16.5. The number of carbonyl (C=O) groups is 1. The normalized spacial score (nSPS) is 10.8. The number of anilines is 1. The third kappa shape index (κ3) is 5.50. The molecular formula is C25H30FN3O. The van der Waals surface area contributed by atoms with Gasteiger partial charge in [0.05, 0.1) is 6.54 Å². The highest BCUT2D eigenvalue weighted by Gasteiger charge is 2.17. The van der Waals surface area contributed by atoms with Gasteiger partial charge in [-0.2, -0.15) is 0 Å². The predicted molar refractivity (Wildman–Crippen MR) is 120 cm³/mol. The quantitative estimate of drug-likeness (QED) is 0.479. The second kappa shape index (κ2) is 10.1. The monoisotopic (exact) mass is 407 g/mol. The van der Waals surface area contributed by atoms with Gasteiger partial charge in [0.25, 0.3) is 0 Å². The van der Waals surface area contributed by atoms with E-state index < -0.39 is 0 Å². The summed E-state index contributed by atoms with van der Waals surface area (Å²) in [6.45, 7) is 7.87. The SMILES string of the molecule is CCCCN(Cc1cccn1Cc1cccc(F)c1)C(=O)Nc1c(C)cccc1C. The second-order valence-corrected chi connectivity index (χ2v) is 7.73. The van der Waals surface area contributed by atoms with Crippen LogP contribution in [0.2, 0.25) is 0 Å². The van der Waals surface area contributed by atoms with Crippen LogP contribution in [-0.2, 0) is 13.1 Å². The summed E-state index contributed by atoms with van der Waals surface area (Å²) < 4.78 is 15.6. The summed E-state index contributed by atoms with van der Waals surface area (Å²) in [7, 11) is 0. The first kappa shape index (κ1) is 21.6. The molecule has 0 aliphatic rings. The Labute approximate surface area is 178 Å². The maximum atomic E-state index is 13.6. The molecule has 0 aliphatic carbocycles. The Morgan fingerprint density at radius 1 is 1.07 bits per heavy atom. The van der Waals surface area contributed by atoms with Crippen molar-refractivity contribution < 1.29 is 9.18 Å². The fraction of sp³-hybridized carbons (Fsp3) is 0.320. The lowest BCUT2D eigenvalue weighted by atomic mass is 10.1. The van der Waals surface area contributed by atoms with Crippen LogP contribution < -0.4 is 5.32 Å². The number of unbranched alkanes of at least 4 members (excludes halogenated alkanes) is 1. The van der Waals surface area contributed by atoms with Gasteiger partial charge in [-0.1, -0.05) is 43.7 Å². The molecule has 0 bridgehead atoms. The number of nitrogens with one attached hydrogen (secondary N) is 1. The lowest BCUT2D eigenvalue weighted by Crippen LogP contribution is -2.36. The summed E-state index contributed by atoms with van der Waals surface area (Å²) in [6.07, 6.45) is 3.92. The van der Waals surface area contributed by atoms with Crippen molar-refractivity contribution in [2.45, 2.75) is 46.7 Å². The number of carbonyl (C=O) groups excluding carboxylic acids is 1. The van der Waals surface area contributed by atoms with Crippen LogP contribution in [0.3, 0.4) is 0 Å². The Balaban J connectivity index is 1.77. The highest BCUT2D eigenvalue weighted by molar-refractivity contribution is 5.91. The largest absolute Gasteiger partial charge is 0.345 e. The predicted octanol–water partition coefficient (Wildman–Crippen LogP) is 6.13. The van der Waals surface area contributed by atoms with Crippen molar-refractivity contribution in [1.29, 1.82) is 0 Å². The fourth-order valence-electron chi connectivity index (χ4n) is 3.57. The molecule has 5 heteroatoms. The minimum absolute atomic E-state index is 0.0978. The van der Waals surface area contributed by atoms with Crippen LogP contribution in [-0.4, -0.2) is 22.0 Å². The molecule has 1 aromatic heterocycles. The van der Waals surface area contributed by atoms with Crippen LogP contribution >= 0.6 is 0 Å². The van der Waals surface area contributed by atoms with Gasteiger partial charge in [-0.3, -0.25) is 0 Å². The van der Waals surface area contributed by atoms with Gasteiger partial charge in [0.15, 0.2) is 0 Å². The van der Waals surface area contributed by atoms with Crippen molar-refractivity contribution in [3.63, 3.8) is 0 Å². The van der Waals surface area contributed by atoms with E-state index in [0.717, 1.165) is 40.9 Å². The molecule has 0 saturated carbocycles. The summed E-state index contributed by atoms with van der Waals surface area (Å²) in [5.74, 6) is -0.237. The Bertz CT molecular complexity index is 975. The summed E-state index contributed by atoms with van der Waals surface area (Å²) >= 11 is 0. The lowest BCUT2D eigenvalue weighted by Gasteiger charge is -2.25. The third-order valence-electron chi connectivity index (χ3n) is 5.30. The molecule has 1 N–H and O–H groups in total. The van der Waals surface area contributed by atoms with Crippen molar-refractivity contribution in [2.75, 3.05) is 11.9 Å². The number of aryl methyl sites for hydroxylation is 2. The first-order chi connectivity index (χ1) is 14.5. The van der Waals surface area contributed by atoms with Gasteiger partial charge in [-0.15, -0.1) is 0 Å². The number of halogens is 1. The number of rotatable bonds is 8. The molecule has 158 valence electrons. The Morgan fingerprint density at radius 3 is 2.50 bits per heavy atom. The molecule has 0 radical (unpaired) electrons. The number of urea groups is 1. The number of amides is 2. The average molecular weight is 408 g/mol. The van der Waals surface area contributed by atoms with Gasteiger partial charge in [0.1, 0.15) is 5.82 Å². The minimum Gasteiger partial charge on any atom is -0.345 e. The second-order valence-electron chi connectivity index (χ2n) is 7.73. The summed E-state index contributed by atoms with van der Waals surface area (Å²) in [5, 5.41) is 3.10. The van der Waals surface area contributed by atoms with Crippen molar-refractivity contribution in [2.24, 2.45) is 0 Å².